The van der Waals surface area contributed by atoms with Crippen LogP contribution in [-0.4, -0.2) is 61.5 Å². The molecule has 0 spiro atoms. The maximum atomic E-state index is 11.6. The van der Waals surface area contributed by atoms with E-state index in [0.29, 0.717) is 24.0 Å². The van der Waals surface area contributed by atoms with Crippen molar-refractivity contribution in [3.8, 4) is 17.0 Å². The molecule has 1 saturated heterocycles. The molecule has 3 rings (SSSR count). The molecule has 6 nitrogen and oxygen atoms in total. The summed E-state index contributed by atoms with van der Waals surface area (Å²) in [5.41, 5.74) is 0.988. The predicted molar refractivity (Wildman–Crippen MR) is 114 cm³/mol. The second-order valence-corrected chi connectivity index (χ2v) is 10.5. The smallest absolute Gasteiger partial charge is 0.175 e. The number of benzene rings is 1. The zero-order valence-electron chi connectivity index (χ0n) is 17.3. The average Bonchev–Trinajstić information content (AvgIpc) is 2.66. The predicted octanol–water partition coefficient (Wildman–Crippen LogP) is 3.01. The van der Waals surface area contributed by atoms with Crippen LogP contribution in [0.3, 0.4) is 0 Å². The number of sulfone groups is 1. The Hall–Kier alpha value is -1.96. The molecule has 1 N–H and O–H groups in total. The molecule has 0 radical (unpaired) electrons. The van der Waals surface area contributed by atoms with Gasteiger partial charge in [-0.05, 0) is 70.0 Å². The fourth-order valence-electron chi connectivity index (χ4n) is 3.58. The number of pyridine rings is 1. The van der Waals surface area contributed by atoms with E-state index in [2.05, 4.69) is 9.88 Å². The Balaban J connectivity index is 1.50. The van der Waals surface area contributed by atoms with Crippen LogP contribution in [0.1, 0.15) is 26.7 Å². The number of aromatic nitrogens is 1. The second-order valence-electron chi connectivity index (χ2n) is 8.52. The summed E-state index contributed by atoms with van der Waals surface area (Å²) in [6.07, 6.45) is 5.04. The summed E-state index contributed by atoms with van der Waals surface area (Å²) in [7, 11) is -3.20. The van der Waals surface area contributed by atoms with Crippen LogP contribution in [0.4, 0.5) is 0 Å². The molecule has 0 bridgehead atoms. The first-order valence-corrected chi connectivity index (χ1v) is 11.8. The zero-order chi connectivity index (χ0) is 21.1. The minimum Gasteiger partial charge on any atom is -0.492 e. The molecule has 29 heavy (non-hydrogen) atoms. The Labute approximate surface area is 173 Å². The minimum atomic E-state index is -3.20. The molecule has 1 aliphatic rings. The van der Waals surface area contributed by atoms with E-state index in [1.165, 1.54) is 6.26 Å². The molecule has 1 aliphatic heterocycles. The number of likely N-dealkylation sites (tertiary alicyclic amines) is 1. The molecule has 0 saturated carbocycles. The fourth-order valence-corrected chi connectivity index (χ4v) is 4.21. The Kier molecular flexibility index (Phi) is 6.61. The van der Waals surface area contributed by atoms with E-state index in [1.54, 1.807) is 30.5 Å². The quantitative estimate of drug-likeness (QED) is 0.745. The SMILES string of the molecule is CC(C)(O)CN1CCC(COc2ccc(-c3ccc(S(C)(=O)=O)cc3)nc2)CC1. The summed E-state index contributed by atoms with van der Waals surface area (Å²) in [4.78, 5) is 7.05. The molecule has 0 aliphatic carbocycles. The second kappa shape index (κ2) is 8.81. The molecule has 0 atom stereocenters. The fraction of sp³-hybridized carbons (Fsp3) is 0.500. The highest BCUT2D eigenvalue weighted by Gasteiger charge is 2.24. The molecule has 0 amide bonds. The van der Waals surface area contributed by atoms with Crippen LogP contribution in [0, 0.1) is 5.92 Å². The van der Waals surface area contributed by atoms with Gasteiger partial charge in [0.25, 0.3) is 0 Å². The summed E-state index contributed by atoms with van der Waals surface area (Å²) in [5.74, 6) is 1.25. The maximum Gasteiger partial charge on any atom is 0.175 e. The van der Waals surface area contributed by atoms with Crippen LogP contribution in [0.25, 0.3) is 11.3 Å². The minimum absolute atomic E-state index is 0.301. The van der Waals surface area contributed by atoms with Gasteiger partial charge in [0, 0.05) is 18.4 Å². The summed E-state index contributed by atoms with van der Waals surface area (Å²) >= 11 is 0. The molecule has 2 aromatic rings. The third kappa shape index (κ3) is 6.52. The summed E-state index contributed by atoms with van der Waals surface area (Å²) in [6.45, 7) is 7.03. The highest BCUT2D eigenvalue weighted by Crippen LogP contribution is 2.23. The van der Waals surface area contributed by atoms with Crippen molar-refractivity contribution < 1.29 is 18.3 Å². The van der Waals surface area contributed by atoms with E-state index in [4.69, 9.17) is 4.74 Å². The molecule has 1 fully saturated rings. The molecule has 0 unspecified atom stereocenters. The first-order chi connectivity index (χ1) is 13.6. The van der Waals surface area contributed by atoms with Gasteiger partial charge in [0.1, 0.15) is 5.75 Å². The Morgan fingerprint density at radius 3 is 2.31 bits per heavy atom. The van der Waals surface area contributed by atoms with Gasteiger partial charge < -0.3 is 14.7 Å². The number of rotatable bonds is 7. The number of nitrogens with zero attached hydrogens (tertiary/aromatic N) is 2. The summed E-state index contributed by atoms with van der Waals surface area (Å²) in [6, 6.07) is 10.5. The topological polar surface area (TPSA) is 79.7 Å². The Morgan fingerprint density at radius 2 is 1.79 bits per heavy atom. The highest BCUT2D eigenvalue weighted by atomic mass is 32.2. The summed E-state index contributed by atoms with van der Waals surface area (Å²) in [5, 5.41) is 9.94. The number of hydrogen-bond donors (Lipinski definition) is 1. The third-order valence-electron chi connectivity index (χ3n) is 5.12. The van der Waals surface area contributed by atoms with Crippen molar-refractivity contribution in [3.63, 3.8) is 0 Å². The van der Waals surface area contributed by atoms with E-state index in [1.807, 2.05) is 26.0 Å². The van der Waals surface area contributed by atoms with Crippen LogP contribution in [0.15, 0.2) is 47.5 Å². The molecular formula is C22H30N2O4S. The van der Waals surface area contributed by atoms with E-state index in [-0.39, 0.29) is 0 Å². The largest absolute Gasteiger partial charge is 0.492 e. The van der Waals surface area contributed by atoms with E-state index >= 15 is 0 Å². The lowest BCUT2D eigenvalue weighted by atomic mass is 9.96. The van der Waals surface area contributed by atoms with Crippen molar-refractivity contribution in [2.75, 3.05) is 32.5 Å². The highest BCUT2D eigenvalue weighted by molar-refractivity contribution is 7.90. The molecule has 1 aromatic heterocycles. The van der Waals surface area contributed by atoms with Crippen molar-refractivity contribution in [1.82, 2.24) is 9.88 Å². The van der Waals surface area contributed by atoms with Gasteiger partial charge in [0.2, 0.25) is 0 Å². The zero-order valence-corrected chi connectivity index (χ0v) is 18.2. The van der Waals surface area contributed by atoms with Crippen LogP contribution in [0.5, 0.6) is 5.75 Å². The maximum absolute atomic E-state index is 11.6. The Bertz CT molecular complexity index is 895. The van der Waals surface area contributed by atoms with Crippen molar-refractivity contribution >= 4 is 9.84 Å². The first-order valence-electron chi connectivity index (χ1n) is 9.94. The van der Waals surface area contributed by atoms with Crippen molar-refractivity contribution in [2.45, 2.75) is 37.2 Å². The van der Waals surface area contributed by atoms with Crippen molar-refractivity contribution in [3.05, 3.63) is 42.6 Å². The monoisotopic (exact) mass is 418 g/mol. The van der Waals surface area contributed by atoms with Gasteiger partial charge in [-0.2, -0.15) is 0 Å². The lowest BCUT2D eigenvalue weighted by molar-refractivity contribution is 0.0212. The van der Waals surface area contributed by atoms with E-state index in [0.717, 1.165) is 42.9 Å². The van der Waals surface area contributed by atoms with Crippen molar-refractivity contribution in [1.29, 1.82) is 0 Å². The average molecular weight is 419 g/mol. The van der Waals surface area contributed by atoms with Gasteiger partial charge in [0.05, 0.1) is 29.0 Å². The van der Waals surface area contributed by atoms with Gasteiger partial charge >= 0.3 is 0 Å². The van der Waals surface area contributed by atoms with E-state index in [9.17, 15) is 13.5 Å². The molecular weight excluding hydrogens is 388 g/mol. The van der Waals surface area contributed by atoms with Gasteiger partial charge in [-0.3, -0.25) is 4.98 Å². The molecule has 1 aromatic carbocycles. The van der Waals surface area contributed by atoms with Crippen LogP contribution in [-0.2, 0) is 9.84 Å². The molecule has 7 heteroatoms. The number of piperidine rings is 1. The lowest BCUT2D eigenvalue weighted by Crippen LogP contribution is -2.43. The van der Waals surface area contributed by atoms with Crippen molar-refractivity contribution in [2.24, 2.45) is 5.92 Å². The molecule has 158 valence electrons. The van der Waals surface area contributed by atoms with Crippen LogP contribution < -0.4 is 4.74 Å². The molecule has 2 heterocycles. The number of aliphatic hydroxyl groups is 1. The lowest BCUT2D eigenvalue weighted by Gasteiger charge is -2.35. The van der Waals surface area contributed by atoms with Crippen LogP contribution in [0.2, 0.25) is 0 Å². The normalized spacial score (nSPS) is 16.7. The Morgan fingerprint density at radius 1 is 1.14 bits per heavy atom. The van der Waals surface area contributed by atoms with Gasteiger partial charge in [0.15, 0.2) is 9.84 Å². The summed E-state index contributed by atoms with van der Waals surface area (Å²) < 4.78 is 29.0. The van der Waals surface area contributed by atoms with Gasteiger partial charge in [-0.15, -0.1) is 0 Å². The van der Waals surface area contributed by atoms with Gasteiger partial charge in [-0.25, -0.2) is 8.42 Å². The first kappa shape index (κ1) is 21.7. The number of β-amino-alcohol motifs (C(OH)–C–C–N with tert-alkyl or cyclic N) is 1. The number of hydrogen-bond acceptors (Lipinski definition) is 6. The number of ether oxygens (including phenoxy) is 1. The third-order valence-corrected chi connectivity index (χ3v) is 6.25. The van der Waals surface area contributed by atoms with Gasteiger partial charge in [-0.1, -0.05) is 12.1 Å². The van der Waals surface area contributed by atoms with E-state index < -0.39 is 15.4 Å². The van der Waals surface area contributed by atoms with Crippen LogP contribution >= 0.6 is 0 Å². The standard InChI is InChI=1S/C22H30N2O4S/c1-22(2,25)16-24-12-10-17(11-13-24)15-28-19-6-9-21(23-14-19)18-4-7-20(8-5-18)29(3,26)27/h4-9,14,17,25H,10-13,15-16H2,1-3H3.